The van der Waals surface area contributed by atoms with Crippen molar-refractivity contribution >= 4 is 22.8 Å². The normalized spacial score (nSPS) is 11.2. The maximum absolute atomic E-state index is 12.8. The van der Waals surface area contributed by atoms with Crippen LogP contribution in [-0.4, -0.2) is 20.3 Å². The van der Waals surface area contributed by atoms with Crippen LogP contribution in [-0.2, 0) is 6.54 Å². The number of carbonyl (C=O) groups excluding carboxylic acids is 1. The maximum atomic E-state index is 12.8. The minimum absolute atomic E-state index is 0.104. The van der Waals surface area contributed by atoms with Gasteiger partial charge in [-0.05, 0) is 29.8 Å². The molecule has 0 spiro atoms. The first-order chi connectivity index (χ1) is 13.1. The second-order valence-corrected chi connectivity index (χ2v) is 7.56. The molecule has 0 aliphatic carbocycles. The largest absolute Gasteiger partial charge is 0.348 e. The summed E-state index contributed by atoms with van der Waals surface area (Å²) >= 11 is 1.65. The van der Waals surface area contributed by atoms with Crippen molar-refractivity contribution in [2.75, 3.05) is 0 Å². The summed E-state index contributed by atoms with van der Waals surface area (Å²) in [5, 5.41) is 6.14. The van der Waals surface area contributed by atoms with Gasteiger partial charge >= 0.3 is 0 Å². The summed E-state index contributed by atoms with van der Waals surface area (Å²) in [5.74, 6) is 0.283. The first-order valence-corrected chi connectivity index (χ1v) is 9.74. The van der Waals surface area contributed by atoms with Crippen LogP contribution in [0.15, 0.2) is 60.4 Å². The van der Waals surface area contributed by atoms with E-state index in [0.29, 0.717) is 18.0 Å². The summed E-state index contributed by atoms with van der Waals surface area (Å²) in [7, 11) is 0. The van der Waals surface area contributed by atoms with E-state index in [1.807, 2.05) is 47.0 Å². The van der Waals surface area contributed by atoms with E-state index in [1.165, 1.54) is 0 Å². The van der Waals surface area contributed by atoms with Crippen LogP contribution in [0.25, 0.3) is 16.9 Å². The van der Waals surface area contributed by atoms with Gasteiger partial charge in [-0.1, -0.05) is 26.0 Å². The van der Waals surface area contributed by atoms with E-state index in [1.54, 1.807) is 23.7 Å². The SMILES string of the molecule is CC(C)c1nc(-c2cc(C(=O)NCc3cccnc3)c3ccccn23)cs1. The second-order valence-electron chi connectivity index (χ2n) is 6.67. The molecule has 1 N–H and O–H groups in total. The lowest BCUT2D eigenvalue weighted by Crippen LogP contribution is -2.22. The zero-order valence-electron chi connectivity index (χ0n) is 15.2. The lowest BCUT2D eigenvalue weighted by molar-refractivity contribution is 0.0952. The third-order valence-electron chi connectivity index (χ3n) is 4.38. The number of thiazole rings is 1. The van der Waals surface area contributed by atoms with Crippen molar-refractivity contribution in [1.29, 1.82) is 0 Å². The monoisotopic (exact) mass is 376 g/mol. The summed E-state index contributed by atoms with van der Waals surface area (Å²) in [6.07, 6.45) is 5.45. The van der Waals surface area contributed by atoms with Crippen LogP contribution in [0.3, 0.4) is 0 Å². The smallest absolute Gasteiger partial charge is 0.253 e. The van der Waals surface area contributed by atoms with Crippen LogP contribution in [0.2, 0.25) is 0 Å². The molecule has 6 heteroatoms. The van der Waals surface area contributed by atoms with Gasteiger partial charge in [-0.3, -0.25) is 9.78 Å². The number of amides is 1. The first-order valence-electron chi connectivity index (χ1n) is 8.86. The molecule has 0 unspecified atom stereocenters. The van der Waals surface area contributed by atoms with E-state index >= 15 is 0 Å². The van der Waals surface area contributed by atoms with Crippen molar-refractivity contribution in [3.63, 3.8) is 0 Å². The van der Waals surface area contributed by atoms with Gasteiger partial charge in [-0.15, -0.1) is 11.3 Å². The molecule has 136 valence electrons. The summed E-state index contributed by atoms with van der Waals surface area (Å²) in [4.78, 5) is 21.7. The molecule has 0 fully saturated rings. The number of aromatic nitrogens is 3. The van der Waals surface area contributed by atoms with Crippen molar-refractivity contribution in [1.82, 2.24) is 19.7 Å². The molecule has 0 atom stereocenters. The summed E-state index contributed by atoms with van der Waals surface area (Å²) < 4.78 is 2.03. The Kier molecular flexibility index (Phi) is 4.73. The Morgan fingerprint density at radius 2 is 2.15 bits per heavy atom. The molecule has 0 aliphatic rings. The number of carbonyl (C=O) groups is 1. The third kappa shape index (κ3) is 3.48. The van der Waals surface area contributed by atoms with E-state index in [4.69, 9.17) is 4.98 Å². The highest BCUT2D eigenvalue weighted by molar-refractivity contribution is 7.10. The van der Waals surface area contributed by atoms with Crippen LogP contribution in [0.1, 0.15) is 40.7 Å². The average molecular weight is 376 g/mol. The van der Waals surface area contributed by atoms with Gasteiger partial charge in [0.2, 0.25) is 0 Å². The Hall–Kier alpha value is -2.99. The Balaban J connectivity index is 1.68. The molecule has 1 amide bonds. The lowest BCUT2D eigenvalue weighted by atomic mass is 10.2. The number of rotatable bonds is 5. The molecule has 4 rings (SSSR count). The van der Waals surface area contributed by atoms with Crippen molar-refractivity contribution in [3.8, 4) is 11.4 Å². The molecule has 27 heavy (non-hydrogen) atoms. The van der Waals surface area contributed by atoms with Gasteiger partial charge in [0.25, 0.3) is 5.91 Å². The molecule has 4 aromatic rings. The molecule has 0 aromatic carbocycles. The van der Waals surface area contributed by atoms with E-state index in [2.05, 4.69) is 29.5 Å². The maximum Gasteiger partial charge on any atom is 0.253 e. The zero-order chi connectivity index (χ0) is 18.8. The molecular formula is C21H20N4OS. The first kappa shape index (κ1) is 17.4. The average Bonchev–Trinajstić information content (AvgIpc) is 3.32. The Bertz CT molecular complexity index is 1080. The van der Waals surface area contributed by atoms with Crippen molar-refractivity contribution in [3.05, 3.63) is 76.5 Å². The Morgan fingerprint density at radius 1 is 1.26 bits per heavy atom. The van der Waals surface area contributed by atoms with Gasteiger partial charge in [-0.25, -0.2) is 4.98 Å². The van der Waals surface area contributed by atoms with Crippen LogP contribution < -0.4 is 5.32 Å². The molecule has 0 bridgehead atoms. The molecule has 0 saturated carbocycles. The second kappa shape index (κ2) is 7.32. The van der Waals surface area contributed by atoms with E-state index in [-0.39, 0.29) is 5.91 Å². The summed E-state index contributed by atoms with van der Waals surface area (Å²) in [6.45, 7) is 4.72. The number of nitrogens with one attached hydrogen (secondary N) is 1. The van der Waals surface area contributed by atoms with E-state index < -0.39 is 0 Å². The van der Waals surface area contributed by atoms with Crippen LogP contribution in [0, 0.1) is 0 Å². The van der Waals surface area contributed by atoms with E-state index in [9.17, 15) is 4.79 Å². The predicted octanol–water partition coefficient (Wildman–Crippen LogP) is 4.51. The quantitative estimate of drug-likeness (QED) is 0.557. The molecule has 0 radical (unpaired) electrons. The third-order valence-corrected chi connectivity index (χ3v) is 5.52. The van der Waals surface area contributed by atoms with Gasteiger partial charge in [0, 0.05) is 36.4 Å². The fourth-order valence-electron chi connectivity index (χ4n) is 2.98. The van der Waals surface area contributed by atoms with Crippen molar-refractivity contribution in [2.24, 2.45) is 0 Å². The summed E-state index contributed by atoms with van der Waals surface area (Å²) in [6, 6.07) is 11.6. The van der Waals surface area contributed by atoms with Gasteiger partial charge in [0.15, 0.2) is 0 Å². The minimum Gasteiger partial charge on any atom is -0.348 e. The summed E-state index contributed by atoms with van der Waals surface area (Å²) in [5.41, 5.74) is 4.32. The topological polar surface area (TPSA) is 59.3 Å². The Morgan fingerprint density at radius 3 is 2.89 bits per heavy atom. The highest BCUT2D eigenvalue weighted by Gasteiger charge is 2.18. The molecule has 4 heterocycles. The molecule has 5 nitrogen and oxygen atoms in total. The van der Waals surface area contributed by atoms with Gasteiger partial charge in [0.1, 0.15) is 0 Å². The number of fused-ring (bicyclic) bond motifs is 1. The van der Waals surface area contributed by atoms with Crippen LogP contribution in [0.4, 0.5) is 0 Å². The molecule has 4 aromatic heterocycles. The fourth-order valence-corrected chi connectivity index (χ4v) is 3.81. The Labute approximate surface area is 161 Å². The van der Waals surface area contributed by atoms with Gasteiger partial charge in [-0.2, -0.15) is 0 Å². The lowest BCUT2D eigenvalue weighted by Gasteiger charge is -2.04. The van der Waals surface area contributed by atoms with Crippen molar-refractivity contribution < 1.29 is 4.79 Å². The minimum atomic E-state index is -0.104. The number of hydrogen-bond acceptors (Lipinski definition) is 4. The van der Waals surface area contributed by atoms with Crippen LogP contribution >= 0.6 is 11.3 Å². The number of hydrogen-bond donors (Lipinski definition) is 1. The molecule has 0 aliphatic heterocycles. The molecule has 0 saturated heterocycles. The standard InChI is InChI=1S/C21H20N4OS/c1-14(2)21-24-17(13-27-21)19-10-16(18-7-3-4-9-25(18)19)20(26)23-12-15-6-5-8-22-11-15/h3-11,13-14H,12H2,1-2H3,(H,23,26). The van der Waals surface area contributed by atoms with Gasteiger partial charge in [0.05, 0.1) is 27.5 Å². The predicted molar refractivity (Wildman–Crippen MR) is 108 cm³/mol. The highest BCUT2D eigenvalue weighted by atomic mass is 32.1. The number of pyridine rings is 2. The highest BCUT2D eigenvalue weighted by Crippen LogP contribution is 2.29. The van der Waals surface area contributed by atoms with Crippen molar-refractivity contribution in [2.45, 2.75) is 26.3 Å². The fraction of sp³-hybridized carbons (Fsp3) is 0.190. The number of nitrogens with zero attached hydrogens (tertiary/aromatic N) is 3. The molecular weight excluding hydrogens is 356 g/mol. The van der Waals surface area contributed by atoms with Gasteiger partial charge < -0.3 is 9.72 Å². The zero-order valence-corrected chi connectivity index (χ0v) is 16.0. The van der Waals surface area contributed by atoms with Crippen LogP contribution in [0.5, 0.6) is 0 Å². The van der Waals surface area contributed by atoms with E-state index in [0.717, 1.165) is 27.5 Å².